The van der Waals surface area contributed by atoms with Crippen LogP contribution in [0, 0.1) is 0 Å². The van der Waals surface area contributed by atoms with E-state index in [0.29, 0.717) is 0 Å². The predicted molar refractivity (Wildman–Crippen MR) is 68.1 cm³/mol. The van der Waals surface area contributed by atoms with E-state index in [0.717, 1.165) is 0 Å². The van der Waals surface area contributed by atoms with Crippen LogP contribution in [0.1, 0.15) is 6.92 Å². The maximum Gasteiger partial charge on any atom is 0.269 e. The highest BCUT2D eigenvalue weighted by molar-refractivity contribution is 8.13. The first-order chi connectivity index (χ1) is 7.38. The number of aromatic nitrogens is 1. The van der Waals surface area contributed by atoms with Crippen molar-refractivity contribution in [1.29, 1.82) is 0 Å². The molecule has 0 fully saturated rings. The molecule has 0 aromatic carbocycles. The summed E-state index contributed by atoms with van der Waals surface area (Å²) in [4.78, 5) is 18.2. The molecule has 1 rings (SSSR count). The first kappa shape index (κ1) is 14.6. The van der Waals surface area contributed by atoms with Crippen molar-refractivity contribution in [2.75, 3.05) is 6.61 Å². The molecule has 0 aliphatic heterocycles. The zero-order chi connectivity index (χ0) is 12.3. The third-order valence-corrected chi connectivity index (χ3v) is 4.39. The van der Waals surface area contributed by atoms with E-state index in [1.54, 1.807) is 6.92 Å². The van der Waals surface area contributed by atoms with Crippen molar-refractivity contribution >= 4 is 58.5 Å². The number of hydrogen-bond acceptors (Lipinski definition) is 4. The van der Waals surface area contributed by atoms with E-state index >= 15 is 0 Å². The van der Waals surface area contributed by atoms with Crippen molar-refractivity contribution in [2.45, 2.75) is 6.92 Å². The second kappa shape index (κ2) is 5.94. The average Bonchev–Trinajstić information content (AvgIpc) is 2.20. The molecule has 0 radical (unpaired) electrons. The summed E-state index contributed by atoms with van der Waals surface area (Å²) in [5.74, 6) is 0. The number of pyridine rings is 1. The highest BCUT2D eigenvalue weighted by atomic mass is 35.5. The molecule has 1 aromatic heterocycles. The van der Waals surface area contributed by atoms with Crippen molar-refractivity contribution in [3.05, 3.63) is 21.3 Å². The van der Waals surface area contributed by atoms with Gasteiger partial charge < -0.3 is 4.89 Å². The monoisotopic (exact) mass is 321 g/mol. The molecule has 0 saturated carbocycles. The van der Waals surface area contributed by atoms with E-state index in [9.17, 15) is 4.89 Å². The molecule has 1 N–H and O–H groups in total. The van der Waals surface area contributed by atoms with E-state index < -0.39 is 6.49 Å². The summed E-state index contributed by atoms with van der Waals surface area (Å²) in [6, 6.07) is 1.33. The third kappa shape index (κ3) is 3.52. The number of rotatable bonds is 4. The van der Waals surface area contributed by atoms with E-state index in [4.69, 9.17) is 46.6 Å². The third-order valence-electron chi connectivity index (χ3n) is 1.41. The lowest BCUT2D eigenvalue weighted by atomic mass is 10.5. The Labute approximate surface area is 113 Å². The fraction of sp³-hybridized carbons (Fsp3) is 0.286. The summed E-state index contributed by atoms with van der Waals surface area (Å²) in [7, 11) is 0. The maximum absolute atomic E-state index is 9.84. The van der Waals surface area contributed by atoms with Gasteiger partial charge in [-0.05, 0) is 24.8 Å². The van der Waals surface area contributed by atoms with Gasteiger partial charge in [-0.1, -0.05) is 34.8 Å². The molecule has 0 saturated heterocycles. The molecule has 0 amide bonds. The topological polar surface area (TPSA) is 51.6 Å². The van der Waals surface area contributed by atoms with Crippen LogP contribution >= 0.6 is 41.3 Å². The van der Waals surface area contributed by atoms with Gasteiger partial charge in [0.1, 0.15) is 10.6 Å². The lowest BCUT2D eigenvalue weighted by molar-refractivity contribution is -0.200. The van der Waals surface area contributed by atoms with Crippen LogP contribution < -0.4 is 5.44 Å². The van der Waals surface area contributed by atoms with Gasteiger partial charge in [0.25, 0.3) is 6.49 Å². The van der Waals surface area contributed by atoms with Crippen molar-refractivity contribution < 1.29 is 14.5 Å². The molecule has 90 valence electrons. The largest absolute Gasteiger partial charge is 0.339 e. The molecule has 16 heavy (non-hydrogen) atoms. The Morgan fingerprint density at radius 2 is 2.06 bits per heavy atom. The Morgan fingerprint density at radius 1 is 1.44 bits per heavy atom. The van der Waals surface area contributed by atoms with Gasteiger partial charge in [-0.3, -0.25) is 0 Å². The highest BCUT2D eigenvalue weighted by Crippen LogP contribution is 2.43. The molecule has 0 aliphatic rings. The van der Waals surface area contributed by atoms with Gasteiger partial charge in [0, 0.05) is 0 Å². The Morgan fingerprint density at radius 3 is 2.62 bits per heavy atom. The van der Waals surface area contributed by atoms with E-state index in [2.05, 4.69) is 14.5 Å². The Kier molecular flexibility index (Phi) is 5.42. The number of nitrogens with zero attached hydrogens (tertiary/aromatic N) is 1. The molecule has 4 nitrogen and oxygen atoms in total. The quantitative estimate of drug-likeness (QED) is 0.400. The summed E-state index contributed by atoms with van der Waals surface area (Å²) in [5, 5.41) is 0.242. The van der Waals surface area contributed by atoms with Crippen molar-refractivity contribution in [3.8, 4) is 0 Å². The van der Waals surface area contributed by atoms with Crippen molar-refractivity contribution in [1.82, 2.24) is 4.98 Å². The van der Waals surface area contributed by atoms with Crippen molar-refractivity contribution in [3.63, 3.8) is 0 Å². The normalized spacial score (nSPS) is 14.8. The summed E-state index contributed by atoms with van der Waals surface area (Å²) in [6.45, 7) is -1.51. The summed E-state index contributed by atoms with van der Waals surface area (Å²) in [5.41, 5.74) is -0.0352. The molecular weight excluding hydrogens is 315 g/mol. The van der Waals surface area contributed by atoms with Crippen LogP contribution in [0.15, 0.2) is 6.07 Å². The van der Waals surface area contributed by atoms with Gasteiger partial charge in [0.15, 0.2) is 0 Å². The molecule has 1 atom stereocenters. The predicted octanol–water partition coefficient (Wildman–Crippen LogP) is 2.94. The molecule has 9 heteroatoms. The van der Waals surface area contributed by atoms with Gasteiger partial charge in [-0.25, -0.2) is 9.87 Å². The van der Waals surface area contributed by atoms with Crippen molar-refractivity contribution in [2.24, 2.45) is 0 Å². The zero-order valence-corrected chi connectivity index (χ0v) is 12.0. The first-order valence-electron chi connectivity index (χ1n) is 4.04. The Balaban J connectivity index is 3.12. The van der Waals surface area contributed by atoms with E-state index in [1.807, 2.05) is 0 Å². The lowest BCUT2D eigenvalue weighted by Gasteiger charge is -2.14. The van der Waals surface area contributed by atoms with Crippen LogP contribution in [0.2, 0.25) is 15.2 Å². The van der Waals surface area contributed by atoms with Gasteiger partial charge in [-0.2, -0.15) is 4.67 Å². The second-order valence-electron chi connectivity index (χ2n) is 2.57. The van der Waals surface area contributed by atoms with Crippen LogP contribution in [0.5, 0.6) is 0 Å². The van der Waals surface area contributed by atoms with Crippen LogP contribution in [-0.2, 0) is 21.4 Å². The van der Waals surface area contributed by atoms with Gasteiger partial charge in [0.05, 0.1) is 16.7 Å². The van der Waals surface area contributed by atoms with E-state index in [1.165, 1.54) is 6.07 Å². The maximum atomic E-state index is 9.84. The fourth-order valence-corrected chi connectivity index (χ4v) is 3.27. The van der Waals surface area contributed by atoms with Crippen LogP contribution in [0.3, 0.4) is 0 Å². The van der Waals surface area contributed by atoms with Crippen LogP contribution in [0.25, 0.3) is 0 Å². The second-order valence-corrected chi connectivity index (χ2v) is 6.84. The van der Waals surface area contributed by atoms with Gasteiger partial charge >= 0.3 is 0 Å². The minimum Gasteiger partial charge on any atom is -0.339 e. The molecule has 1 unspecified atom stereocenters. The minimum atomic E-state index is -3.42. The minimum absolute atomic E-state index is 0.00978. The molecule has 1 heterocycles. The standard InChI is InChI=1S/C7H7Cl3NO3PS/c1-2-13-14-15(12,16)7-5(9)3-4(8)6(10)11-7/h3H,2H2,1H3,(H,12,16). The molecule has 0 spiro atoms. The summed E-state index contributed by atoms with van der Waals surface area (Å²) < 4.78 is 4.67. The number of halogens is 3. The Bertz CT molecular complexity index is 445. The average molecular weight is 323 g/mol. The Hall–Kier alpha value is 0.550. The fourth-order valence-electron chi connectivity index (χ4n) is 0.793. The summed E-state index contributed by atoms with van der Waals surface area (Å²) >= 11 is 22.0. The first-order valence-corrected chi connectivity index (χ1v) is 7.85. The molecule has 1 aromatic rings. The highest BCUT2D eigenvalue weighted by Gasteiger charge is 2.25. The lowest BCUT2D eigenvalue weighted by Crippen LogP contribution is -2.13. The van der Waals surface area contributed by atoms with Gasteiger partial charge in [0.2, 0.25) is 0 Å². The molecule has 0 aliphatic carbocycles. The molecule has 0 bridgehead atoms. The number of hydrogen-bond donors (Lipinski definition) is 1. The zero-order valence-electron chi connectivity index (χ0n) is 7.98. The SMILES string of the molecule is CCOOP(O)(=S)c1nc(Cl)c(Cl)cc1Cl. The smallest absolute Gasteiger partial charge is 0.269 e. The van der Waals surface area contributed by atoms with Crippen LogP contribution in [-0.4, -0.2) is 16.5 Å². The van der Waals surface area contributed by atoms with E-state index in [-0.39, 0.29) is 27.2 Å². The summed E-state index contributed by atoms with van der Waals surface area (Å²) in [6.07, 6.45) is 0. The van der Waals surface area contributed by atoms with Gasteiger partial charge in [-0.15, -0.1) is 0 Å². The van der Waals surface area contributed by atoms with Crippen LogP contribution in [0.4, 0.5) is 0 Å². The molecular formula is C7H7Cl3NO3PS.